The quantitative estimate of drug-likeness (QED) is 0.766. The third kappa shape index (κ3) is 3.13. The van der Waals surface area contributed by atoms with Crippen molar-refractivity contribution in [2.45, 2.75) is 13.3 Å². The molecule has 0 spiro atoms. The molecule has 0 aliphatic carbocycles. The molecule has 1 aromatic carbocycles. The summed E-state index contributed by atoms with van der Waals surface area (Å²) in [7, 11) is 1.04. The number of rotatable bonds is 2. The minimum atomic E-state index is -4.96. The number of ether oxygens (including phenoxy) is 2. The lowest BCUT2D eigenvalue weighted by molar-refractivity contribution is -0.274. The molecule has 0 heterocycles. The highest BCUT2D eigenvalue weighted by Crippen LogP contribution is 2.30. The van der Waals surface area contributed by atoms with Crippen LogP contribution in [0.1, 0.15) is 21.5 Å². The molecule has 1 rings (SSSR count). The summed E-state index contributed by atoms with van der Waals surface area (Å²) in [5.74, 6) is -1.71. The Morgan fingerprint density at radius 2 is 2.00 bits per heavy atom. The van der Waals surface area contributed by atoms with Gasteiger partial charge >= 0.3 is 12.3 Å². The maximum atomic E-state index is 12.2. The Bertz CT molecular complexity index is 517. The normalized spacial score (nSPS) is 10.7. The van der Waals surface area contributed by atoms with Crippen LogP contribution < -0.4 is 4.74 Å². The second kappa shape index (κ2) is 4.96. The van der Waals surface area contributed by atoms with Gasteiger partial charge in [0.25, 0.3) is 0 Å². The standard InChI is InChI=1S/C11H8F3NO3/c1-6-3-7(5-15)4-8(18-11(12,13)14)9(6)10(16)17-2/h3-4H,1-2H3. The molecule has 0 N–H and O–H groups in total. The zero-order chi connectivity index (χ0) is 13.9. The van der Waals surface area contributed by atoms with Crippen LogP contribution in [0.2, 0.25) is 0 Å². The number of hydrogen-bond donors (Lipinski definition) is 0. The minimum Gasteiger partial charge on any atom is -0.465 e. The number of carbonyl (C=O) groups excluding carboxylic acids is 1. The van der Waals surface area contributed by atoms with Crippen molar-refractivity contribution in [1.29, 1.82) is 5.26 Å². The van der Waals surface area contributed by atoms with Gasteiger partial charge in [-0.25, -0.2) is 4.79 Å². The molecule has 0 amide bonds. The Morgan fingerprint density at radius 1 is 1.39 bits per heavy atom. The highest BCUT2D eigenvalue weighted by atomic mass is 19.4. The molecule has 96 valence electrons. The Kier molecular flexibility index (Phi) is 3.81. The zero-order valence-electron chi connectivity index (χ0n) is 9.46. The molecule has 0 atom stereocenters. The van der Waals surface area contributed by atoms with Crippen molar-refractivity contribution < 1.29 is 27.4 Å². The van der Waals surface area contributed by atoms with Gasteiger partial charge in [0.1, 0.15) is 11.3 Å². The van der Waals surface area contributed by atoms with Crippen molar-refractivity contribution >= 4 is 5.97 Å². The molecule has 18 heavy (non-hydrogen) atoms. The highest BCUT2D eigenvalue weighted by molar-refractivity contribution is 5.94. The van der Waals surface area contributed by atoms with Crippen LogP contribution in [0.5, 0.6) is 5.75 Å². The fourth-order valence-corrected chi connectivity index (χ4v) is 1.39. The van der Waals surface area contributed by atoms with Gasteiger partial charge in [-0.1, -0.05) is 0 Å². The maximum absolute atomic E-state index is 12.2. The molecule has 7 heteroatoms. The lowest BCUT2D eigenvalue weighted by Gasteiger charge is -2.14. The van der Waals surface area contributed by atoms with Crippen molar-refractivity contribution in [3.63, 3.8) is 0 Å². The second-order valence-electron chi connectivity index (χ2n) is 3.32. The predicted molar refractivity (Wildman–Crippen MR) is 53.9 cm³/mol. The molecule has 0 unspecified atom stereocenters. The average Bonchev–Trinajstić information content (AvgIpc) is 2.25. The number of carbonyl (C=O) groups is 1. The van der Waals surface area contributed by atoms with Crippen LogP contribution in [0.25, 0.3) is 0 Å². The summed E-state index contributed by atoms with van der Waals surface area (Å²) in [5, 5.41) is 8.67. The molecule has 0 aliphatic rings. The molecule has 1 aromatic rings. The number of esters is 1. The number of benzene rings is 1. The van der Waals surface area contributed by atoms with Gasteiger partial charge in [0.15, 0.2) is 0 Å². The first-order valence-corrected chi connectivity index (χ1v) is 4.67. The minimum absolute atomic E-state index is 0.0422. The van der Waals surface area contributed by atoms with Crippen molar-refractivity contribution in [2.75, 3.05) is 7.11 Å². The molecule has 0 saturated carbocycles. The Hall–Kier alpha value is -2.23. The Balaban J connectivity index is 3.39. The van der Waals surface area contributed by atoms with Crippen molar-refractivity contribution in [2.24, 2.45) is 0 Å². The van der Waals surface area contributed by atoms with E-state index in [2.05, 4.69) is 9.47 Å². The van der Waals surface area contributed by atoms with Crippen LogP contribution in [0.3, 0.4) is 0 Å². The monoisotopic (exact) mass is 259 g/mol. The van der Waals surface area contributed by atoms with E-state index in [1.165, 1.54) is 13.0 Å². The Labute approximate surface area is 101 Å². The molecule has 0 aliphatic heterocycles. The van der Waals surface area contributed by atoms with E-state index >= 15 is 0 Å². The predicted octanol–water partition coefficient (Wildman–Crippen LogP) is 2.55. The maximum Gasteiger partial charge on any atom is 0.573 e. The summed E-state index contributed by atoms with van der Waals surface area (Å²) in [6, 6.07) is 3.79. The molecule has 0 fully saturated rings. The number of halogens is 3. The third-order valence-electron chi connectivity index (χ3n) is 2.04. The molecular formula is C11H8F3NO3. The van der Waals surface area contributed by atoms with Gasteiger partial charge in [-0.05, 0) is 24.6 Å². The van der Waals surface area contributed by atoms with Crippen molar-refractivity contribution in [3.8, 4) is 11.8 Å². The van der Waals surface area contributed by atoms with E-state index in [9.17, 15) is 18.0 Å². The van der Waals surface area contributed by atoms with E-state index in [0.29, 0.717) is 0 Å². The zero-order valence-corrected chi connectivity index (χ0v) is 9.46. The molecule has 0 bridgehead atoms. The molecule has 0 aromatic heterocycles. The van der Waals surface area contributed by atoms with Gasteiger partial charge in [0, 0.05) is 0 Å². The van der Waals surface area contributed by atoms with E-state index in [0.717, 1.165) is 13.2 Å². The number of nitrogens with zero attached hydrogens (tertiary/aromatic N) is 1. The summed E-state index contributed by atoms with van der Waals surface area (Å²) in [4.78, 5) is 11.4. The largest absolute Gasteiger partial charge is 0.573 e. The van der Waals surface area contributed by atoms with Gasteiger partial charge in [-0.3, -0.25) is 0 Å². The number of methoxy groups -OCH3 is 1. The van der Waals surface area contributed by atoms with Gasteiger partial charge in [0.2, 0.25) is 0 Å². The molecule has 0 radical (unpaired) electrons. The van der Waals surface area contributed by atoms with E-state index in [1.54, 1.807) is 6.07 Å². The lowest BCUT2D eigenvalue weighted by atomic mass is 10.0. The topological polar surface area (TPSA) is 59.3 Å². The number of hydrogen-bond acceptors (Lipinski definition) is 4. The van der Waals surface area contributed by atoms with Crippen LogP contribution in [0, 0.1) is 18.3 Å². The SMILES string of the molecule is COC(=O)c1c(C)cc(C#N)cc1OC(F)(F)F. The molecule has 0 saturated heterocycles. The summed E-state index contributed by atoms with van der Waals surface area (Å²) >= 11 is 0. The highest BCUT2D eigenvalue weighted by Gasteiger charge is 2.34. The van der Waals surface area contributed by atoms with Crippen molar-refractivity contribution in [3.05, 3.63) is 28.8 Å². The average molecular weight is 259 g/mol. The van der Waals surface area contributed by atoms with E-state index in [1.807, 2.05) is 0 Å². The van der Waals surface area contributed by atoms with E-state index in [-0.39, 0.29) is 16.7 Å². The second-order valence-corrected chi connectivity index (χ2v) is 3.32. The van der Waals surface area contributed by atoms with Gasteiger partial charge in [-0.15, -0.1) is 13.2 Å². The number of aryl methyl sites for hydroxylation is 1. The van der Waals surface area contributed by atoms with Gasteiger partial charge < -0.3 is 9.47 Å². The molecular weight excluding hydrogens is 251 g/mol. The first kappa shape index (κ1) is 13.8. The van der Waals surface area contributed by atoms with Crippen LogP contribution in [0.15, 0.2) is 12.1 Å². The molecule has 4 nitrogen and oxygen atoms in total. The number of alkyl halides is 3. The number of nitriles is 1. The fraction of sp³-hybridized carbons (Fsp3) is 0.273. The Morgan fingerprint density at radius 3 is 2.44 bits per heavy atom. The summed E-state index contributed by atoms with van der Waals surface area (Å²) in [5.41, 5.74) is -0.228. The first-order valence-electron chi connectivity index (χ1n) is 4.67. The van der Waals surface area contributed by atoms with E-state index < -0.39 is 18.1 Å². The summed E-state index contributed by atoms with van der Waals surface area (Å²) < 4.78 is 44.7. The van der Waals surface area contributed by atoms with Gasteiger partial charge in [-0.2, -0.15) is 5.26 Å². The van der Waals surface area contributed by atoms with Crippen LogP contribution in [-0.4, -0.2) is 19.4 Å². The summed E-state index contributed by atoms with van der Waals surface area (Å²) in [6.45, 7) is 1.39. The smallest absolute Gasteiger partial charge is 0.465 e. The fourth-order valence-electron chi connectivity index (χ4n) is 1.39. The summed E-state index contributed by atoms with van der Waals surface area (Å²) in [6.07, 6.45) is -4.96. The lowest BCUT2D eigenvalue weighted by Crippen LogP contribution is -2.20. The van der Waals surface area contributed by atoms with Crippen LogP contribution in [0.4, 0.5) is 13.2 Å². The third-order valence-corrected chi connectivity index (χ3v) is 2.04. The van der Waals surface area contributed by atoms with Crippen molar-refractivity contribution in [1.82, 2.24) is 0 Å². The van der Waals surface area contributed by atoms with Crippen LogP contribution in [-0.2, 0) is 4.74 Å². The van der Waals surface area contributed by atoms with E-state index in [4.69, 9.17) is 5.26 Å². The van der Waals surface area contributed by atoms with Gasteiger partial charge in [0.05, 0.1) is 18.7 Å². The van der Waals surface area contributed by atoms with Crippen LogP contribution >= 0.6 is 0 Å². The first-order chi connectivity index (χ1) is 8.28.